The van der Waals surface area contributed by atoms with Crippen LogP contribution in [-0.4, -0.2) is 13.6 Å². The van der Waals surface area contributed by atoms with Crippen molar-refractivity contribution in [3.63, 3.8) is 0 Å². The highest BCUT2D eigenvalue weighted by molar-refractivity contribution is 6.73. The number of halogens is 3. The van der Waals surface area contributed by atoms with Crippen LogP contribution in [-0.2, 0) is 6.42 Å². The first-order valence-electron chi connectivity index (χ1n) is 6.52. The normalized spacial score (nSPS) is 11.3. The molecule has 0 bridgehead atoms. The van der Waals surface area contributed by atoms with Gasteiger partial charge in [-0.05, 0) is 30.5 Å². The number of ether oxygens (including phenoxy) is 1. The second-order valence-corrected chi connectivity index (χ2v) is 4.58. The standard InChI is InChI=1S/C15H15BF3O/c17-16(18,19)14-8-10-15(11-9-14)20-12-4-7-13-5-2-1-3-6-13/h1-3,5-6,8-11H,4,7,12H2/q-1. The first kappa shape index (κ1) is 14.5. The maximum absolute atomic E-state index is 12.4. The summed E-state index contributed by atoms with van der Waals surface area (Å²) in [6, 6.07) is 14.9. The van der Waals surface area contributed by atoms with Gasteiger partial charge in [-0.25, -0.2) is 0 Å². The van der Waals surface area contributed by atoms with E-state index in [1.807, 2.05) is 30.3 Å². The third kappa shape index (κ3) is 4.33. The Hall–Kier alpha value is -1.91. The quantitative estimate of drug-likeness (QED) is 0.578. The van der Waals surface area contributed by atoms with Crippen LogP contribution in [0.5, 0.6) is 5.75 Å². The van der Waals surface area contributed by atoms with Crippen LogP contribution in [0.3, 0.4) is 0 Å². The summed E-state index contributed by atoms with van der Waals surface area (Å²) in [5.74, 6) is 0.474. The van der Waals surface area contributed by atoms with Crippen molar-refractivity contribution in [3.05, 3.63) is 60.2 Å². The zero-order valence-electron chi connectivity index (χ0n) is 10.9. The predicted octanol–water partition coefficient (Wildman–Crippen LogP) is 3.75. The summed E-state index contributed by atoms with van der Waals surface area (Å²) in [7, 11) is 0. The molecule has 5 heteroatoms. The molecule has 2 rings (SSSR count). The Labute approximate surface area is 116 Å². The van der Waals surface area contributed by atoms with Gasteiger partial charge in [0.2, 0.25) is 0 Å². The van der Waals surface area contributed by atoms with Gasteiger partial charge in [0, 0.05) is 0 Å². The highest BCUT2D eigenvalue weighted by Gasteiger charge is 2.24. The van der Waals surface area contributed by atoms with Gasteiger partial charge in [-0.2, -0.15) is 0 Å². The molecule has 0 heterocycles. The summed E-state index contributed by atoms with van der Waals surface area (Å²) in [6.45, 7) is -4.44. The highest BCUT2D eigenvalue weighted by Crippen LogP contribution is 2.14. The zero-order chi connectivity index (χ0) is 14.4. The molecule has 0 aliphatic heterocycles. The van der Waals surface area contributed by atoms with Gasteiger partial charge in [-0.1, -0.05) is 42.5 Å². The number of aryl methyl sites for hydroxylation is 1. The van der Waals surface area contributed by atoms with E-state index in [4.69, 9.17) is 4.74 Å². The fraction of sp³-hybridized carbons (Fsp3) is 0.200. The maximum Gasteiger partial charge on any atom is 0.509 e. The van der Waals surface area contributed by atoms with Crippen LogP contribution in [0.15, 0.2) is 54.6 Å². The third-order valence-corrected chi connectivity index (χ3v) is 2.98. The smallest absolute Gasteiger partial charge is 0.494 e. The van der Waals surface area contributed by atoms with E-state index in [1.165, 1.54) is 17.7 Å². The van der Waals surface area contributed by atoms with Crippen LogP contribution in [0.1, 0.15) is 12.0 Å². The lowest BCUT2D eigenvalue weighted by atomic mass is 9.80. The van der Waals surface area contributed by atoms with E-state index >= 15 is 0 Å². The number of hydrogen-bond acceptors (Lipinski definition) is 1. The number of benzene rings is 2. The topological polar surface area (TPSA) is 9.23 Å². The van der Waals surface area contributed by atoms with Crippen molar-refractivity contribution in [2.45, 2.75) is 12.8 Å². The first-order valence-corrected chi connectivity index (χ1v) is 6.52. The molecule has 0 atom stereocenters. The van der Waals surface area contributed by atoms with Crippen LogP contribution in [0.4, 0.5) is 12.9 Å². The lowest BCUT2D eigenvalue weighted by Crippen LogP contribution is -2.33. The lowest BCUT2D eigenvalue weighted by Gasteiger charge is -2.15. The summed E-state index contributed by atoms with van der Waals surface area (Å²) in [4.78, 5) is 0. The summed E-state index contributed by atoms with van der Waals surface area (Å²) in [6.07, 6.45) is 1.72. The second kappa shape index (κ2) is 6.50. The SMILES string of the molecule is F[B-](F)(F)c1ccc(OCCCc2ccccc2)cc1. The van der Waals surface area contributed by atoms with Gasteiger partial charge in [-0.3, -0.25) is 0 Å². The molecule has 2 aromatic carbocycles. The molecule has 0 saturated carbocycles. The fourth-order valence-corrected chi connectivity index (χ4v) is 1.89. The summed E-state index contributed by atoms with van der Waals surface area (Å²) < 4.78 is 42.7. The Morgan fingerprint density at radius 3 is 2.10 bits per heavy atom. The van der Waals surface area contributed by atoms with E-state index in [-0.39, 0.29) is 0 Å². The van der Waals surface area contributed by atoms with E-state index in [9.17, 15) is 12.9 Å². The first-order chi connectivity index (χ1) is 9.55. The van der Waals surface area contributed by atoms with Crippen molar-refractivity contribution < 1.29 is 17.7 Å². The van der Waals surface area contributed by atoms with Gasteiger partial charge in [-0.15, -0.1) is 5.46 Å². The van der Waals surface area contributed by atoms with E-state index in [2.05, 4.69) is 0 Å². The van der Waals surface area contributed by atoms with Crippen molar-refractivity contribution in [2.24, 2.45) is 0 Å². The van der Waals surface area contributed by atoms with Crippen LogP contribution >= 0.6 is 0 Å². The van der Waals surface area contributed by atoms with Crippen molar-refractivity contribution in [3.8, 4) is 5.75 Å². The molecule has 0 aliphatic rings. The lowest BCUT2D eigenvalue weighted by molar-refractivity contribution is 0.311. The molecule has 0 N–H and O–H groups in total. The molecule has 2 aromatic rings. The van der Waals surface area contributed by atoms with E-state index in [0.29, 0.717) is 12.4 Å². The molecular formula is C15H15BF3O-. The van der Waals surface area contributed by atoms with Crippen molar-refractivity contribution in [2.75, 3.05) is 6.61 Å². The number of hydrogen-bond donors (Lipinski definition) is 0. The minimum Gasteiger partial charge on any atom is -0.494 e. The second-order valence-electron chi connectivity index (χ2n) is 4.58. The molecule has 106 valence electrons. The molecule has 0 aromatic heterocycles. The maximum atomic E-state index is 12.4. The van der Waals surface area contributed by atoms with Gasteiger partial charge >= 0.3 is 6.98 Å². The van der Waals surface area contributed by atoms with Crippen LogP contribution in [0.25, 0.3) is 0 Å². The predicted molar refractivity (Wildman–Crippen MR) is 75.4 cm³/mol. The Morgan fingerprint density at radius 1 is 0.850 bits per heavy atom. The van der Waals surface area contributed by atoms with E-state index < -0.39 is 12.4 Å². The molecule has 0 unspecified atom stereocenters. The number of rotatable bonds is 6. The van der Waals surface area contributed by atoms with Crippen molar-refractivity contribution in [1.29, 1.82) is 0 Å². The molecule has 1 nitrogen and oxygen atoms in total. The molecule has 0 radical (unpaired) electrons. The van der Waals surface area contributed by atoms with Crippen molar-refractivity contribution >= 4 is 12.4 Å². The van der Waals surface area contributed by atoms with E-state index in [0.717, 1.165) is 25.0 Å². The molecular weight excluding hydrogens is 264 g/mol. The average Bonchev–Trinajstić information content (AvgIpc) is 2.44. The zero-order valence-corrected chi connectivity index (χ0v) is 10.9. The Balaban J connectivity index is 1.77. The molecule has 20 heavy (non-hydrogen) atoms. The van der Waals surface area contributed by atoms with Gasteiger partial charge in [0.05, 0.1) is 6.61 Å². The molecule has 0 spiro atoms. The summed E-state index contributed by atoms with van der Waals surface area (Å²) in [5, 5.41) is 0. The average molecular weight is 279 g/mol. The molecule has 0 aliphatic carbocycles. The third-order valence-electron chi connectivity index (χ3n) is 2.98. The molecule has 0 saturated heterocycles. The van der Waals surface area contributed by atoms with Gasteiger partial charge < -0.3 is 17.7 Å². The fourth-order valence-electron chi connectivity index (χ4n) is 1.89. The minimum absolute atomic E-state index is 0.474. The molecule has 0 fully saturated rings. The minimum atomic E-state index is -4.93. The van der Waals surface area contributed by atoms with Crippen LogP contribution < -0.4 is 10.2 Å². The van der Waals surface area contributed by atoms with Gasteiger partial charge in [0.1, 0.15) is 5.75 Å². The summed E-state index contributed by atoms with van der Waals surface area (Å²) in [5.41, 5.74) is 0.632. The van der Waals surface area contributed by atoms with Crippen molar-refractivity contribution in [1.82, 2.24) is 0 Å². The highest BCUT2D eigenvalue weighted by atomic mass is 19.4. The Bertz CT molecular complexity index is 523. The van der Waals surface area contributed by atoms with Crippen LogP contribution in [0.2, 0.25) is 0 Å². The largest absolute Gasteiger partial charge is 0.509 e. The monoisotopic (exact) mass is 279 g/mol. The van der Waals surface area contributed by atoms with Gasteiger partial charge in [0.25, 0.3) is 0 Å². The van der Waals surface area contributed by atoms with E-state index in [1.54, 1.807) is 0 Å². The Morgan fingerprint density at radius 2 is 1.50 bits per heavy atom. The molecule has 0 amide bonds. The summed E-state index contributed by atoms with van der Waals surface area (Å²) >= 11 is 0. The Kier molecular flexibility index (Phi) is 4.72. The van der Waals surface area contributed by atoms with Gasteiger partial charge in [0.15, 0.2) is 0 Å². The van der Waals surface area contributed by atoms with Crippen LogP contribution in [0, 0.1) is 0 Å².